The predicted octanol–water partition coefficient (Wildman–Crippen LogP) is 1.45. The number of pyridine rings is 1. The molecule has 5 rings (SSSR count). The van der Waals surface area contributed by atoms with Gasteiger partial charge in [-0.25, -0.2) is 18.7 Å². The van der Waals surface area contributed by atoms with Gasteiger partial charge in [-0.2, -0.15) is 5.10 Å². The van der Waals surface area contributed by atoms with E-state index in [2.05, 4.69) is 10.1 Å². The minimum Gasteiger partial charge on any atom is -0.477 e. The van der Waals surface area contributed by atoms with Crippen molar-refractivity contribution >= 4 is 17.4 Å². The number of aromatic nitrogens is 4. The van der Waals surface area contributed by atoms with Crippen molar-refractivity contribution in [1.29, 1.82) is 0 Å². The van der Waals surface area contributed by atoms with Gasteiger partial charge < -0.3 is 20.3 Å². The Balaban J connectivity index is 1.61. The van der Waals surface area contributed by atoms with E-state index >= 15 is 0 Å². The molecule has 1 aliphatic carbocycles. The van der Waals surface area contributed by atoms with Gasteiger partial charge in [0.05, 0.1) is 12.2 Å². The lowest BCUT2D eigenvalue weighted by Gasteiger charge is -2.29. The fourth-order valence-electron chi connectivity index (χ4n) is 4.51. The SMILES string of the molecule is C[C@@H](CN)n1cc(F)cc(C2C3CC3CN2c2ccn3ncc(C(=O)O)c3n2)c1=O. The van der Waals surface area contributed by atoms with Crippen molar-refractivity contribution in [3.63, 3.8) is 0 Å². The highest BCUT2D eigenvalue weighted by atomic mass is 19.1. The molecule has 30 heavy (non-hydrogen) atoms. The molecule has 4 heterocycles. The van der Waals surface area contributed by atoms with Crippen LogP contribution in [0.25, 0.3) is 5.65 Å². The van der Waals surface area contributed by atoms with Gasteiger partial charge in [-0.05, 0) is 37.3 Å². The number of rotatable bonds is 5. The lowest BCUT2D eigenvalue weighted by atomic mass is 10.0. The number of piperidine rings is 1. The van der Waals surface area contributed by atoms with Crippen LogP contribution in [0.1, 0.15) is 41.3 Å². The van der Waals surface area contributed by atoms with Crippen molar-refractivity contribution in [2.75, 3.05) is 18.0 Å². The molecule has 1 saturated heterocycles. The van der Waals surface area contributed by atoms with Crippen LogP contribution in [0, 0.1) is 17.7 Å². The summed E-state index contributed by atoms with van der Waals surface area (Å²) < 4.78 is 17.2. The summed E-state index contributed by atoms with van der Waals surface area (Å²) in [5, 5.41) is 13.4. The Hall–Kier alpha value is -3.27. The van der Waals surface area contributed by atoms with Gasteiger partial charge in [0, 0.05) is 37.1 Å². The molecule has 4 atom stereocenters. The predicted molar refractivity (Wildman–Crippen MR) is 106 cm³/mol. The first-order chi connectivity index (χ1) is 14.4. The Bertz CT molecular complexity index is 1220. The molecular weight excluding hydrogens is 391 g/mol. The van der Waals surface area contributed by atoms with Crippen molar-refractivity contribution in [2.24, 2.45) is 17.6 Å². The van der Waals surface area contributed by atoms with Gasteiger partial charge in [-0.1, -0.05) is 0 Å². The minimum absolute atomic E-state index is 0.00244. The summed E-state index contributed by atoms with van der Waals surface area (Å²) in [7, 11) is 0. The van der Waals surface area contributed by atoms with E-state index in [4.69, 9.17) is 5.73 Å². The first kappa shape index (κ1) is 18.7. The van der Waals surface area contributed by atoms with E-state index in [0.717, 1.165) is 6.42 Å². The molecule has 1 saturated carbocycles. The zero-order chi connectivity index (χ0) is 21.2. The van der Waals surface area contributed by atoms with E-state index < -0.39 is 11.8 Å². The third-order valence-corrected chi connectivity index (χ3v) is 6.20. The highest BCUT2D eigenvalue weighted by Gasteiger charge is 2.54. The zero-order valence-corrected chi connectivity index (χ0v) is 16.3. The van der Waals surface area contributed by atoms with E-state index in [0.29, 0.717) is 23.8 Å². The van der Waals surface area contributed by atoms with E-state index in [-0.39, 0.29) is 41.3 Å². The summed E-state index contributed by atoms with van der Waals surface area (Å²) in [4.78, 5) is 31.1. The van der Waals surface area contributed by atoms with E-state index in [1.807, 2.05) is 4.90 Å². The molecule has 0 radical (unpaired) electrons. The number of aromatic carboxylic acids is 1. The molecule has 2 fully saturated rings. The van der Waals surface area contributed by atoms with Crippen LogP contribution in [0.15, 0.2) is 35.5 Å². The number of nitrogens with two attached hydrogens (primary N) is 1. The second kappa shape index (κ2) is 6.63. The molecule has 0 aromatic carbocycles. The van der Waals surface area contributed by atoms with Gasteiger partial charge in [0.25, 0.3) is 5.56 Å². The van der Waals surface area contributed by atoms with Gasteiger partial charge in [0.15, 0.2) is 5.65 Å². The van der Waals surface area contributed by atoms with Crippen LogP contribution in [0.5, 0.6) is 0 Å². The number of carboxylic acid groups (broad SMARTS) is 1. The molecule has 156 valence electrons. The molecule has 3 N–H and O–H groups in total. The average Bonchev–Trinajstić information content (AvgIpc) is 3.19. The number of carbonyl (C=O) groups is 1. The fraction of sp³-hybridized carbons (Fsp3) is 0.400. The molecule has 0 spiro atoms. The standard InChI is InChI=1S/C20H21FN6O3/c1-10(6-22)25-9-12(21)5-14(19(25)28)17-13-4-11(13)8-26(17)16-2-3-27-18(24-16)15(7-23-27)20(29)30/h2-3,5,7,9-11,13,17H,4,6,8,22H2,1H3,(H,29,30)/t10-,11?,13?,17?/m0/s1. The van der Waals surface area contributed by atoms with Gasteiger partial charge in [-0.15, -0.1) is 0 Å². The van der Waals surface area contributed by atoms with Gasteiger partial charge in [0.1, 0.15) is 17.2 Å². The molecule has 3 aromatic heterocycles. The molecule has 3 aromatic rings. The van der Waals surface area contributed by atoms with E-state index in [1.54, 1.807) is 19.2 Å². The van der Waals surface area contributed by atoms with Gasteiger partial charge in [0.2, 0.25) is 0 Å². The number of hydrogen-bond donors (Lipinski definition) is 2. The Kier molecular flexibility index (Phi) is 4.14. The average molecular weight is 412 g/mol. The van der Waals surface area contributed by atoms with Crippen LogP contribution < -0.4 is 16.2 Å². The maximum Gasteiger partial charge on any atom is 0.341 e. The van der Waals surface area contributed by atoms with Crippen LogP contribution in [0.3, 0.4) is 0 Å². The lowest BCUT2D eigenvalue weighted by molar-refractivity contribution is 0.0698. The molecule has 0 bridgehead atoms. The third-order valence-electron chi connectivity index (χ3n) is 6.20. The highest BCUT2D eigenvalue weighted by molar-refractivity contribution is 5.94. The smallest absolute Gasteiger partial charge is 0.341 e. The van der Waals surface area contributed by atoms with Crippen molar-refractivity contribution in [2.45, 2.75) is 25.4 Å². The Morgan fingerprint density at radius 2 is 2.27 bits per heavy atom. The second-order valence-corrected chi connectivity index (χ2v) is 8.08. The number of anilines is 1. The van der Waals surface area contributed by atoms with Crippen LogP contribution in [-0.4, -0.2) is 43.3 Å². The Morgan fingerprint density at radius 1 is 1.47 bits per heavy atom. The maximum absolute atomic E-state index is 14.4. The monoisotopic (exact) mass is 412 g/mol. The summed E-state index contributed by atoms with van der Waals surface area (Å²) >= 11 is 0. The summed E-state index contributed by atoms with van der Waals surface area (Å²) in [6.07, 6.45) is 5.07. The van der Waals surface area contributed by atoms with Crippen molar-refractivity contribution in [3.8, 4) is 0 Å². The number of hydrogen-bond acceptors (Lipinski definition) is 6. The molecule has 3 unspecified atom stereocenters. The highest BCUT2D eigenvalue weighted by Crippen LogP contribution is 2.56. The number of fused-ring (bicyclic) bond motifs is 2. The topological polar surface area (TPSA) is 119 Å². The van der Waals surface area contributed by atoms with Gasteiger partial charge >= 0.3 is 5.97 Å². The summed E-state index contributed by atoms with van der Waals surface area (Å²) in [6.45, 7) is 2.68. The first-order valence-corrected chi connectivity index (χ1v) is 9.85. The van der Waals surface area contributed by atoms with Crippen molar-refractivity contribution in [3.05, 3.63) is 58.0 Å². The Labute approximate surface area is 170 Å². The van der Waals surface area contributed by atoms with E-state index in [9.17, 15) is 19.1 Å². The fourth-order valence-corrected chi connectivity index (χ4v) is 4.51. The summed E-state index contributed by atoms with van der Waals surface area (Å²) in [5.41, 5.74) is 6.06. The first-order valence-electron chi connectivity index (χ1n) is 9.85. The molecule has 0 amide bonds. The Morgan fingerprint density at radius 3 is 3.00 bits per heavy atom. The van der Waals surface area contributed by atoms with Crippen LogP contribution in [0.2, 0.25) is 0 Å². The maximum atomic E-state index is 14.4. The number of halogens is 1. The van der Waals surface area contributed by atoms with Crippen molar-refractivity contribution in [1.82, 2.24) is 19.2 Å². The van der Waals surface area contributed by atoms with Crippen LogP contribution >= 0.6 is 0 Å². The quantitative estimate of drug-likeness (QED) is 0.651. The zero-order valence-electron chi connectivity index (χ0n) is 16.3. The van der Waals surface area contributed by atoms with E-state index in [1.165, 1.54) is 27.5 Å². The molecule has 2 aliphatic rings. The summed E-state index contributed by atoms with van der Waals surface area (Å²) in [5.74, 6) is -0.409. The molecule has 10 heteroatoms. The molecule has 1 aliphatic heterocycles. The van der Waals surface area contributed by atoms with Crippen molar-refractivity contribution < 1.29 is 14.3 Å². The minimum atomic E-state index is -1.11. The summed E-state index contributed by atoms with van der Waals surface area (Å²) in [6, 6.07) is 2.40. The molecular formula is C20H21FN6O3. The third kappa shape index (κ3) is 2.78. The number of nitrogens with zero attached hydrogens (tertiary/aromatic N) is 5. The largest absolute Gasteiger partial charge is 0.477 e. The number of carboxylic acids is 1. The van der Waals surface area contributed by atoms with Crippen LogP contribution in [0.4, 0.5) is 10.2 Å². The normalized spacial score (nSPS) is 23.6. The second-order valence-electron chi connectivity index (χ2n) is 8.08. The molecule has 9 nitrogen and oxygen atoms in total. The van der Waals surface area contributed by atoms with Crippen LogP contribution in [-0.2, 0) is 0 Å². The van der Waals surface area contributed by atoms with Gasteiger partial charge in [-0.3, -0.25) is 4.79 Å². The lowest BCUT2D eigenvalue weighted by Crippen LogP contribution is -2.36.